The molecule has 2 N–H and O–H groups in total. The van der Waals surface area contributed by atoms with Crippen molar-refractivity contribution in [3.05, 3.63) is 0 Å². The molecule has 0 aromatic carbocycles. The molecule has 0 aromatic rings. The molecule has 0 unspecified atom stereocenters. The Morgan fingerprint density at radius 1 is 1.26 bits per heavy atom. The highest BCUT2D eigenvalue weighted by atomic mass is 16.6. The zero-order valence-corrected chi connectivity index (χ0v) is 19.0. The summed E-state index contributed by atoms with van der Waals surface area (Å²) < 4.78 is 10.4. The summed E-state index contributed by atoms with van der Waals surface area (Å²) in [7, 11) is 1.26. The van der Waals surface area contributed by atoms with Crippen LogP contribution in [0.5, 0.6) is 0 Å². The standard InChI is InChI=1S/C22H35N3O6/c1-21(2,3)31-20(29)25-13-22(8-5-6-9-22)12-16(25)18(27)24-15(19(28)30-4)11-14-7-10-23-17(14)26/h14-16H,5-13H2,1-4H3,(H,23,26)(H,24,27)/t14-,15-,16-/m0/s1. The average molecular weight is 438 g/mol. The van der Waals surface area contributed by atoms with Crippen molar-refractivity contribution in [2.24, 2.45) is 11.3 Å². The van der Waals surface area contributed by atoms with Crippen molar-refractivity contribution < 1.29 is 28.7 Å². The lowest BCUT2D eigenvalue weighted by atomic mass is 9.84. The number of nitrogens with zero attached hydrogens (tertiary/aromatic N) is 1. The van der Waals surface area contributed by atoms with E-state index in [0.29, 0.717) is 25.9 Å². The maximum atomic E-state index is 13.3. The number of rotatable bonds is 5. The van der Waals surface area contributed by atoms with Gasteiger partial charge in [0.15, 0.2) is 0 Å². The summed E-state index contributed by atoms with van der Waals surface area (Å²) in [5.74, 6) is -1.46. The lowest BCUT2D eigenvalue weighted by molar-refractivity contribution is -0.146. The topological polar surface area (TPSA) is 114 Å². The zero-order valence-electron chi connectivity index (χ0n) is 19.0. The Hall–Kier alpha value is -2.32. The van der Waals surface area contributed by atoms with Crippen LogP contribution in [0.1, 0.15) is 65.7 Å². The summed E-state index contributed by atoms with van der Waals surface area (Å²) >= 11 is 0. The smallest absolute Gasteiger partial charge is 0.410 e. The first-order chi connectivity index (χ1) is 14.5. The summed E-state index contributed by atoms with van der Waals surface area (Å²) in [6.45, 7) is 6.42. The van der Waals surface area contributed by atoms with Gasteiger partial charge in [0, 0.05) is 19.0 Å². The van der Waals surface area contributed by atoms with Crippen molar-refractivity contribution in [1.82, 2.24) is 15.5 Å². The molecule has 2 heterocycles. The largest absolute Gasteiger partial charge is 0.467 e. The fourth-order valence-electron chi connectivity index (χ4n) is 5.07. The molecule has 9 heteroatoms. The molecule has 174 valence electrons. The van der Waals surface area contributed by atoms with Crippen LogP contribution >= 0.6 is 0 Å². The number of esters is 1. The quantitative estimate of drug-likeness (QED) is 0.634. The number of likely N-dealkylation sites (tertiary alicyclic amines) is 1. The number of methoxy groups -OCH3 is 1. The van der Waals surface area contributed by atoms with Crippen molar-refractivity contribution in [2.75, 3.05) is 20.2 Å². The van der Waals surface area contributed by atoms with Crippen molar-refractivity contribution in [3.8, 4) is 0 Å². The second-order valence-electron chi connectivity index (χ2n) is 10.1. The first-order valence-electron chi connectivity index (χ1n) is 11.2. The van der Waals surface area contributed by atoms with Crippen LogP contribution in [-0.2, 0) is 23.9 Å². The third kappa shape index (κ3) is 5.49. The van der Waals surface area contributed by atoms with Gasteiger partial charge < -0.3 is 20.1 Å². The molecule has 9 nitrogen and oxygen atoms in total. The Labute approximate surface area is 183 Å². The minimum Gasteiger partial charge on any atom is -0.467 e. The van der Waals surface area contributed by atoms with Crippen LogP contribution in [0.4, 0.5) is 4.79 Å². The van der Waals surface area contributed by atoms with E-state index in [9.17, 15) is 19.2 Å². The van der Waals surface area contributed by atoms with Gasteiger partial charge in [-0.25, -0.2) is 9.59 Å². The maximum absolute atomic E-state index is 13.3. The van der Waals surface area contributed by atoms with Gasteiger partial charge in [0.1, 0.15) is 17.7 Å². The predicted molar refractivity (Wildman–Crippen MR) is 112 cm³/mol. The van der Waals surface area contributed by atoms with Crippen LogP contribution in [0.3, 0.4) is 0 Å². The van der Waals surface area contributed by atoms with Gasteiger partial charge in [-0.2, -0.15) is 0 Å². The summed E-state index contributed by atoms with van der Waals surface area (Å²) in [5, 5.41) is 5.51. The van der Waals surface area contributed by atoms with E-state index in [1.54, 1.807) is 20.8 Å². The van der Waals surface area contributed by atoms with Crippen molar-refractivity contribution in [3.63, 3.8) is 0 Å². The molecule has 2 saturated heterocycles. The van der Waals surface area contributed by atoms with Crippen molar-refractivity contribution >= 4 is 23.9 Å². The highest BCUT2D eigenvalue weighted by Crippen LogP contribution is 2.48. The average Bonchev–Trinajstić information content (AvgIpc) is 3.41. The van der Waals surface area contributed by atoms with E-state index in [0.717, 1.165) is 25.7 Å². The van der Waals surface area contributed by atoms with E-state index >= 15 is 0 Å². The van der Waals surface area contributed by atoms with E-state index < -0.39 is 35.7 Å². The minimum atomic E-state index is -0.938. The van der Waals surface area contributed by atoms with Crippen LogP contribution in [0.15, 0.2) is 0 Å². The van der Waals surface area contributed by atoms with Crippen LogP contribution in [0.25, 0.3) is 0 Å². The Kier molecular flexibility index (Phi) is 6.81. The van der Waals surface area contributed by atoms with E-state index in [-0.39, 0.29) is 23.7 Å². The summed E-state index contributed by atoms with van der Waals surface area (Å²) in [6.07, 6.45) is 4.93. The van der Waals surface area contributed by atoms with Gasteiger partial charge >= 0.3 is 12.1 Å². The van der Waals surface area contributed by atoms with E-state index in [2.05, 4.69) is 10.6 Å². The third-order valence-corrected chi connectivity index (χ3v) is 6.59. The van der Waals surface area contributed by atoms with Gasteiger partial charge in [0.25, 0.3) is 0 Å². The Balaban J connectivity index is 1.75. The molecule has 0 radical (unpaired) electrons. The van der Waals surface area contributed by atoms with Crippen LogP contribution < -0.4 is 10.6 Å². The molecule has 2 aliphatic heterocycles. The lowest BCUT2D eigenvalue weighted by Crippen LogP contribution is -2.52. The molecule has 3 amide bonds. The van der Waals surface area contributed by atoms with E-state index in [1.165, 1.54) is 12.0 Å². The second kappa shape index (κ2) is 9.04. The Bertz CT molecular complexity index is 725. The molecule has 3 atom stereocenters. The predicted octanol–water partition coefficient (Wildman–Crippen LogP) is 1.74. The summed E-state index contributed by atoms with van der Waals surface area (Å²) in [5.41, 5.74) is -0.751. The van der Waals surface area contributed by atoms with Crippen molar-refractivity contribution in [2.45, 2.75) is 83.4 Å². The first kappa shape index (κ1) is 23.3. The van der Waals surface area contributed by atoms with Crippen LogP contribution in [0, 0.1) is 11.3 Å². The van der Waals surface area contributed by atoms with Crippen LogP contribution in [0.2, 0.25) is 0 Å². The van der Waals surface area contributed by atoms with E-state index in [4.69, 9.17) is 9.47 Å². The van der Waals surface area contributed by atoms with Crippen molar-refractivity contribution in [1.29, 1.82) is 0 Å². The number of hydrogen-bond donors (Lipinski definition) is 2. The van der Waals surface area contributed by atoms with Crippen LogP contribution in [-0.4, -0.2) is 66.7 Å². The number of carbonyl (C=O) groups excluding carboxylic acids is 4. The molecule has 1 saturated carbocycles. The molecule has 3 rings (SSSR count). The fourth-order valence-corrected chi connectivity index (χ4v) is 5.07. The summed E-state index contributed by atoms with van der Waals surface area (Å²) in [6, 6.07) is -1.65. The SMILES string of the molecule is COC(=O)[C@H](C[C@@H]1CCNC1=O)NC(=O)[C@@H]1CC2(CCCC2)CN1C(=O)OC(C)(C)C. The third-order valence-electron chi connectivity index (χ3n) is 6.59. The van der Waals surface area contributed by atoms with Gasteiger partial charge in [-0.1, -0.05) is 12.8 Å². The highest BCUT2D eigenvalue weighted by molar-refractivity contribution is 5.91. The number of carbonyl (C=O) groups is 4. The molecule has 0 bridgehead atoms. The van der Waals surface area contributed by atoms with Gasteiger partial charge in [-0.3, -0.25) is 14.5 Å². The maximum Gasteiger partial charge on any atom is 0.410 e. The molecule has 1 spiro atoms. The number of hydrogen-bond acceptors (Lipinski definition) is 6. The molecule has 3 fully saturated rings. The fraction of sp³-hybridized carbons (Fsp3) is 0.818. The molecule has 0 aromatic heterocycles. The normalized spacial score (nSPS) is 25.9. The summed E-state index contributed by atoms with van der Waals surface area (Å²) in [4.78, 5) is 52.0. The lowest BCUT2D eigenvalue weighted by Gasteiger charge is -2.29. The molecular weight excluding hydrogens is 402 g/mol. The van der Waals surface area contributed by atoms with Gasteiger partial charge in [0.05, 0.1) is 7.11 Å². The van der Waals surface area contributed by atoms with E-state index in [1.807, 2.05) is 0 Å². The molecule has 3 aliphatic rings. The zero-order chi connectivity index (χ0) is 22.8. The number of ether oxygens (including phenoxy) is 2. The molecule has 1 aliphatic carbocycles. The molecular formula is C22H35N3O6. The number of amides is 3. The number of nitrogens with one attached hydrogen (secondary N) is 2. The second-order valence-corrected chi connectivity index (χ2v) is 10.1. The highest BCUT2D eigenvalue weighted by Gasteiger charge is 2.51. The van der Waals surface area contributed by atoms with Gasteiger partial charge in [-0.15, -0.1) is 0 Å². The van der Waals surface area contributed by atoms with Gasteiger partial charge in [-0.05, 0) is 58.3 Å². The monoisotopic (exact) mass is 437 g/mol. The van der Waals surface area contributed by atoms with Gasteiger partial charge in [0.2, 0.25) is 11.8 Å². The Morgan fingerprint density at radius 3 is 2.48 bits per heavy atom. The first-order valence-corrected chi connectivity index (χ1v) is 11.2. The Morgan fingerprint density at radius 2 is 1.94 bits per heavy atom. The minimum absolute atomic E-state index is 0.0784. The molecule has 31 heavy (non-hydrogen) atoms.